The molecule has 0 radical (unpaired) electrons. The first kappa shape index (κ1) is 17.6. The molecule has 1 amide bonds. The van der Waals surface area contributed by atoms with Crippen molar-refractivity contribution in [1.82, 2.24) is 5.32 Å². The summed E-state index contributed by atoms with van der Waals surface area (Å²) in [6, 6.07) is 5.19. The number of carboxylic acid groups (broad SMARTS) is 1. The fourth-order valence-electron chi connectivity index (χ4n) is 1.77. The van der Waals surface area contributed by atoms with Crippen molar-refractivity contribution in [3.05, 3.63) is 29.8 Å². The first-order valence-electron chi connectivity index (χ1n) is 6.53. The molecule has 120 valence electrons. The number of nitrogens with one attached hydrogen (secondary N) is 2. The molecule has 0 aliphatic carbocycles. The van der Waals surface area contributed by atoms with Gasteiger partial charge < -0.3 is 25.6 Å². The summed E-state index contributed by atoms with van der Waals surface area (Å²) in [7, 11) is 1.22. The topological polar surface area (TPSA) is 125 Å². The molecular formula is C14H18N2O6. The van der Waals surface area contributed by atoms with Gasteiger partial charge in [0.05, 0.1) is 37.4 Å². The summed E-state index contributed by atoms with van der Waals surface area (Å²) < 4.78 is 4.62. The van der Waals surface area contributed by atoms with Crippen molar-refractivity contribution in [2.75, 3.05) is 25.6 Å². The Hall–Kier alpha value is -2.45. The highest BCUT2D eigenvalue weighted by Gasteiger charge is 2.22. The van der Waals surface area contributed by atoms with E-state index in [1.54, 1.807) is 12.1 Å². The zero-order valence-corrected chi connectivity index (χ0v) is 12.0. The van der Waals surface area contributed by atoms with Crippen LogP contribution in [0, 0.1) is 0 Å². The van der Waals surface area contributed by atoms with E-state index in [4.69, 9.17) is 10.2 Å². The third-order valence-electron chi connectivity index (χ3n) is 2.79. The lowest BCUT2D eigenvalue weighted by atomic mass is 10.1. The molecule has 8 heteroatoms. The lowest BCUT2D eigenvalue weighted by molar-refractivity contribution is -0.139. The number of aliphatic hydroxyl groups is 1. The molecule has 4 N–H and O–H groups in total. The van der Waals surface area contributed by atoms with E-state index in [0.29, 0.717) is 0 Å². The number of para-hydroxylation sites is 1. The smallest absolute Gasteiger partial charge is 0.339 e. The number of hydrogen-bond donors (Lipinski definition) is 4. The van der Waals surface area contributed by atoms with Crippen LogP contribution in [0.4, 0.5) is 5.69 Å². The van der Waals surface area contributed by atoms with Crippen LogP contribution in [0.1, 0.15) is 16.8 Å². The number of anilines is 1. The molecule has 0 spiro atoms. The Balaban J connectivity index is 2.88. The summed E-state index contributed by atoms with van der Waals surface area (Å²) >= 11 is 0. The predicted octanol–water partition coefficient (Wildman–Crippen LogP) is -0.163. The minimum absolute atomic E-state index is 0.0734. The van der Waals surface area contributed by atoms with Crippen LogP contribution >= 0.6 is 0 Å². The van der Waals surface area contributed by atoms with E-state index in [0.717, 1.165) is 0 Å². The molecule has 0 aromatic heterocycles. The van der Waals surface area contributed by atoms with Gasteiger partial charge in [-0.05, 0) is 12.1 Å². The van der Waals surface area contributed by atoms with E-state index >= 15 is 0 Å². The number of hydrogen-bond acceptors (Lipinski definition) is 6. The Bertz CT molecular complexity index is 546. The summed E-state index contributed by atoms with van der Waals surface area (Å²) in [6.07, 6.45) is -0.452. The van der Waals surface area contributed by atoms with Gasteiger partial charge in [-0.25, -0.2) is 4.79 Å². The Kier molecular flexibility index (Phi) is 7.00. The highest BCUT2D eigenvalue weighted by molar-refractivity contribution is 6.03. The predicted molar refractivity (Wildman–Crippen MR) is 77.5 cm³/mol. The molecule has 0 fully saturated rings. The highest BCUT2D eigenvalue weighted by Crippen LogP contribution is 2.16. The van der Waals surface area contributed by atoms with Gasteiger partial charge in [0.25, 0.3) is 0 Å². The third-order valence-corrected chi connectivity index (χ3v) is 2.79. The maximum atomic E-state index is 12.1. The van der Waals surface area contributed by atoms with Gasteiger partial charge in [0.15, 0.2) is 0 Å². The molecule has 1 aromatic rings. The van der Waals surface area contributed by atoms with Gasteiger partial charge in [-0.2, -0.15) is 0 Å². The van der Waals surface area contributed by atoms with Crippen LogP contribution in [0.3, 0.4) is 0 Å². The van der Waals surface area contributed by atoms with Gasteiger partial charge in [0.1, 0.15) is 0 Å². The molecule has 0 aliphatic heterocycles. The quantitative estimate of drug-likeness (QED) is 0.491. The zero-order valence-electron chi connectivity index (χ0n) is 12.0. The molecule has 0 aliphatic rings. The molecule has 1 aromatic carbocycles. The largest absolute Gasteiger partial charge is 0.481 e. The van der Waals surface area contributed by atoms with Crippen molar-refractivity contribution in [3.63, 3.8) is 0 Å². The maximum Gasteiger partial charge on any atom is 0.339 e. The van der Waals surface area contributed by atoms with Crippen LogP contribution in [0.2, 0.25) is 0 Å². The number of ether oxygens (including phenoxy) is 1. The molecule has 0 saturated carbocycles. The van der Waals surface area contributed by atoms with Gasteiger partial charge >= 0.3 is 11.9 Å². The van der Waals surface area contributed by atoms with Crippen molar-refractivity contribution < 1.29 is 29.3 Å². The second-order valence-electron chi connectivity index (χ2n) is 4.35. The Morgan fingerprint density at radius 1 is 1.27 bits per heavy atom. The monoisotopic (exact) mass is 310 g/mol. The van der Waals surface area contributed by atoms with Gasteiger partial charge in [-0.1, -0.05) is 12.1 Å². The molecule has 0 bridgehead atoms. The van der Waals surface area contributed by atoms with E-state index in [-0.39, 0.29) is 24.4 Å². The average molecular weight is 310 g/mol. The molecule has 1 atom stereocenters. The average Bonchev–Trinajstić information content (AvgIpc) is 2.50. The van der Waals surface area contributed by atoms with E-state index in [9.17, 15) is 14.4 Å². The van der Waals surface area contributed by atoms with E-state index < -0.39 is 30.3 Å². The second-order valence-corrected chi connectivity index (χ2v) is 4.35. The lowest BCUT2D eigenvalue weighted by Crippen LogP contribution is -2.43. The van der Waals surface area contributed by atoms with Crippen LogP contribution < -0.4 is 10.6 Å². The normalized spacial score (nSPS) is 11.5. The maximum absolute atomic E-state index is 12.1. The SMILES string of the molecule is COC(=O)c1ccccc1NC(=O)C(CC(=O)O)NCCO. The fraction of sp³-hybridized carbons (Fsp3) is 0.357. The lowest BCUT2D eigenvalue weighted by Gasteiger charge is -2.17. The molecule has 0 heterocycles. The minimum Gasteiger partial charge on any atom is -0.481 e. The number of aliphatic carboxylic acids is 1. The number of benzene rings is 1. The number of carbonyl (C=O) groups excluding carboxylic acids is 2. The van der Waals surface area contributed by atoms with Gasteiger partial charge in [0.2, 0.25) is 5.91 Å². The van der Waals surface area contributed by atoms with Crippen LogP contribution in [-0.2, 0) is 14.3 Å². The highest BCUT2D eigenvalue weighted by atomic mass is 16.5. The first-order valence-corrected chi connectivity index (χ1v) is 6.53. The molecule has 22 heavy (non-hydrogen) atoms. The molecule has 8 nitrogen and oxygen atoms in total. The summed E-state index contributed by atoms with van der Waals surface area (Å²) in [4.78, 5) is 34.6. The van der Waals surface area contributed by atoms with E-state index in [2.05, 4.69) is 15.4 Å². The number of carboxylic acids is 1. The molecular weight excluding hydrogens is 292 g/mol. The Morgan fingerprint density at radius 3 is 2.55 bits per heavy atom. The standard InChI is InChI=1S/C14H18N2O6/c1-22-14(21)9-4-2-3-5-10(9)16-13(20)11(8-12(18)19)15-6-7-17/h2-5,11,15,17H,6-8H2,1H3,(H,16,20)(H,18,19). The Morgan fingerprint density at radius 2 is 1.95 bits per heavy atom. The summed E-state index contributed by atoms with van der Waals surface area (Å²) in [5, 5.41) is 22.7. The van der Waals surface area contributed by atoms with E-state index in [1.165, 1.54) is 19.2 Å². The van der Waals surface area contributed by atoms with Crippen LogP contribution in [0.15, 0.2) is 24.3 Å². The number of rotatable bonds is 8. The van der Waals surface area contributed by atoms with Gasteiger partial charge in [-0.3, -0.25) is 9.59 Å². The second kappa shape index (κ2) is 8.75. The zero-order chi connectivity index (χ0) is 16.5. The van der Waals surface area contributed by atoms with E-state index in [1.807, 2.05) is 0 Å². The summed E-state index contributed by atoms with van der Waals surface area (Å²) in [6.45, 7) is -0.161. The third kappa shape index (κ3) is 5.15. The summed E-state index contributed by atoms with van der Waals surface area (Å²) in [5.41, 5.74) is 0.384. The van der Waals surface area contributed by atoms with Crippen molar-refractivity contribution in [3.8, 4) is 0 Å². The van der Waals surface area contributed by atoms with Crippen LogP contribution in [0.25, 0.3) is 0 Å². The fourth-order valence-corrected chi connectivity index (χ4v) is 1.77. The number of carbonyl (C=O) groups is 3. The van der Waals surface area contributed by atoms with Gasteiger partial charge in [0, 0.05) is 6.54 Å². The summed E-state index contributed by atoms with van der Waals surface area (Å²) in [5.74, 6) is -2.40. The minimum atomic E-state index is -1.16. The number of aliphatic hydroxyl groups excluding tert-OH is 1. The van der Waals surface area contributed by atoms with Crippen molar-refractivity contribution in [2.45, 2.75) is 12.5 Å². The van der Waals surface area contributed by atoms with Crippen molar-refractivity contribution in [2.24, 2.45) is 0 Å². The first-order chi connectivity index (χ1) is 10.5. The Labute approximate surface area is 127 Å². The van der Waals surface area contributed by atoms with Crippen LogP contribution in [-0.4, -0.2) is 54.4 Å². The van der Waals surface area contributed by atoms with Gasteiger partial charge in [-0.15, -0.1) is 0 Å². The number of methoxy groups -OCH3 is 1. The van der Waals surface area contributed by atoms with Crippen LogP contribution in [0.5, 0.6) is 0 Å². The van der Waals surface area contributed by atoms with Crippen molar-refractivity contribution >= 4 is 23.5 Å². The molecule has 1 unspecified atom stereocenters. The van der Waals surface area contributed by atoms with Crippen molar-refractivity contribution in [1.29, 1.82) is 0 Å². The molecule has 1 rings (SSSR count). The number of esters is 1. The number of amides is 1. The molecule has 0 saturated heterocycles.